The van der Waals surface area contributed by atoms with E-state index in [0.717, 1.165) is 34.3 Å². The van der Waals surface area contributed by atoms with Crippen LogP contribution in [0.4, 0.5) is 0 Å². The first kappa shape index (κ1) is 16.9. The summed E-state index contributed by atoms with van der Waals surface area (Å²) in [7, 11) is 0. The van der Waals surface area contributed by atoms with Crippen LogP contribution in [0.5, 0.6) is 0 Å². The van der Waals surface area contributed by atoms with Crippen molar-refractivity contribution in [2.24, 2.45) is 0 Å². The summed E-state index contributed by atoms with van der Waals surface area (Å²) in [4.78, 5) is 13.4. The number of nitrogens with zero attached hydrogens (tertiary/aromatic N) is 4. The third-order valence-corrected chi connectivity index (χ3v) is 5.73. The maximum absolute atomic E-state index is 4.74. The summed E-state index contributed by atoms with van der Waals surface area (Å²) in [6.07, 6.45) is 4.56. The van der Waals surface area contributed by atoms with E-state index in [1.807, 2.05) is 12.1 Å². The lowest BCUT2D eigenvalue weighted by molar-refractivity contribution is 0.972. The van der Waals surface area contributed by atoms with Crippen molar-refractivity contribution < 1.29 is 0 Å². The standard InChI is InChI=1S/C19H17N5S2/c1-2-13-5-7-14(8-6-13)18-21-16(11-25-18)12-26-19-22-17(23-24-19)15-4-3-9-20-10-15/h3-11H,2,12H2,1H3,(H,22,23,24). The average molecular weight is 380 g/mol. The minimum absolute atomic E-state index is 0.714. The van der Waals surface area contributed by atoms with Crippen LogP contribution in [0.25, 0.3) is 22.0 Å². The van der Waals surface area contributed by atoms with Crippen LogP contribution < -0.4 is 0 Å². The van der Waals surface area contributed by atoms with Gasteiger partial charge in [-0.15, -0.1) is 16.4 Å². The lowest BCUT2D eigenvalue weighted by atomic mass is 10.1. The molecule has 1 aromatic carbocycles. The van der Waals surface area contributed by atoms with Crippen molar-refractivity contribution in [3.05, 3.63) is 65.4 Å². The van der Waals surface area contributed by atoms with Gasteiger partial charge >= 0.3 is 0 Å². The molecule has 0 saturated carbocycles. The Morgan fingerprint density at radius 3 is 2.73 bits per heavy atom. The van der Waals surface area contributed by atoms with E-state index in [4.69, 9.17) is 4.98 Å². The van der Waals surface area contributed by atoms with Crippen LogP contribution >= 0.6 is 23.1 Å². The molecule has 0 fully saturated rings. The molecule has 4 rings (SSSR count). The smallest absolute Gasteiger partial charge is 0.209 e. The summed E-state index contributed by atoms with van der Waals surface area (Å²) in [5.41, 5.74) is 4.48. The van der Waals surface area contributed by atoms with Crippen molar-refractivity contribution in [3.63, 3.8) is 0 Å². The number of aryl methyl sites for hydroxylation is 1. The van der Waals surface area contributed by atoms with Gasteiger partial charge in [0.25, 0.3) is 0 Å². The van der Waals surface area contributed by atoms with Gasteiger partial charge in [0.15, 0.2) is 5.82 Å². The molecule has 0 unspecified atom stereocenters. The fourth-order valence-electron chi connectivity index (χ4n) is 2.47. The Bertz CT molecular complexity index is 977. The fraction of sp³-hybridized carbons (Fsp3) is 0.158. The monoisotopic (exact) mass is 379 g/mol. The first-order chi connectivity index (χ1) is 12.8. The van der Waals surface area contributed by atoms with E-state index >= 15 is 0 Å². The lowest BCUT2D eigenvalue weighted by Crippen LogP contribution is -1.84. The number of hydrogen-bond acceptors (Lipinski definition) is 6. The Kier molecular flexibility index (Phi) is 5.08. The Hall–Kier alpha value is -2.51. The Morgan fingerprint density at radius 2 is 1.96 bits per heavy atom. The van der Waals surface area contributed by atoms with E-state index in [9.17, 15) is 0 Å². The molecular weight excluding hydrogens is 362 g/mol. The molecule has 3 aromatic heterocycles. The van der Waals surface area contributed by atoms with Crippen LogP contribution in [0.1, 0.15) is 18.2 Å². The number of aromatic amines is 1. The molecule has 0 aliphatic heterocycles. The molecule has 0 bridgehead atoms. The minimum Gasteiger partial charge on any atom is -0.264 e. The Morgan fingerprint density at radius 1 is 1.08 bits per heavy atom. The highest BCUT2D eigenvalue weighted by atomic mass is 32.2. The van der Waals surface area contributed by atoms with Gasteiger partial charge in [-0.1, -0.05) is 43.0 Å². The second-order valence-electron chi connectivity index (χ2n) is 5.69. The van der Waals surface area contributed by atoms with E-state index < -0.39 is 0 Å². The Balaban J connectivity index is 1.41. The third kappa shape index (κ3) is 3.84. The zero-order valence-corrected chi connectivity index (χ0v) is 15.8. The summed E-state index contributed by atoms with van der Waals surface area (Å²) in [6, 6.07) is 12.5. The highest BCUT2D eigenvalue weighted by Crippen LogP contribution is 2.27. The van der Waals surface area contributed by atoms with E-state index in [-0.39, 0.29) is 0 Å². The van der Waals surface area contributed by atoms with Gasteiger partial charge in [0.05, 0.1) is 5.69 Å². The van der Waals surface area contributed by atoms with Crippen molar-refractivity contribution in [3.8, 4) is 22.0 Å². The van der Waals surface area contributed by atoms with Gasteiger partial charge in [0.1, 0.15) is 5.01 Å². The number of rotatable bonds is 6. The number of benzene rings is 1. The van der Waals surface area contributed by atoms with Gasteiger partial charge in [0, 0.05) is 34.7 Å². The predicted molar refractivity (Wildman–Crippen MR) is 106 cm³/mol. The molecule has 5 nitrogen and oxygen atoms in total. The Labute approximate surface area is 160 Å². The summed E-state index contributed by atoms with van der Waals surface area (Å²) < 4.78 is 0. The molecule has 0 aliphatic rings. The molecule has 0 amide bonds. The molecule has 130 valence electrons. The van der Waals surface area contributed by atoms with Crippen molar-refractivity contribution in [2.75, 3.05) is 0 Å². The molecular formula is C19H17N5S2. The van der Waals surface area contributed by atoms with E-state index in [1.54, 1.807) is 35.5 Å². The molecule has 4 aromatic rings. The number of nitrogens with one attached hydrogen (secondary N) is 1. The quantitative estimate of drug-likeness (QED) is 0.485. The van der Waals surface area contributed by atoms with Crippen molar-refractivity contribution in [1.29, 1.82) is 0 Å². The highest BCUT2D eigenvalue weighted by molar-refractivity contribution is 7.98. The molecule has 0 atom stereocenters. The zero-order chi connectivity index (χ0) is 17.8. The third-order valence-electron chi connectivity index (χ3n) is 3.91. The van der Waals surface area contributed by atoms with E-state index in [2.05, 4.69) is 56.7 Å². The van der Waals surface area contributed by atoms with Gasteiger partial charge in [-0.25, -0.2) is 9.97 Å². The fourth-order valence-corrected chi connectivity index (χ4v) is 4.09. The molecule has 26 heavy (non-hydrogen) atoms. The van der Waals surface area contributed by atoms with E-state index in [0.29, 0.717) is 5.16 Å². The number of pyridine rings is 1. The topological polar surface area (TPSA) is 67.3 Å². The lowest BCUT2D eigenvalue weighted by Gasteiger charge is -1.99. The normalized spacial score (nSPS) is 11.0. The van der Waals surface area contributed by atoms with Crippen LogP contribution in [0, 0.1) is 0 Å². The first-order valence-corrected chi connectivity index (χ1v) is 10.2. The van der Waals surface area contributed by atoms with Crippen molar-refractivity contribution >= 4 is 23.1 Å². The maximum atomic E-state index is 4.74. The van der Waals surface area contributed by atoms with Gasteiger partial charge in [0.2, 0.25) is 5.16 Å². The minimum atomic E-state index is 0.714. The van der Waals surface area contributed by atoms with Gasteiger partial charge < -0.3 is 0 Å². The van der Waals surface area contributed by atoms with Crippen LogP contribution in [-0.2, 0) is 12.2 Å². The second-order valence-corrected chi connectivity index (χ2v) is 7.49. The average Bonchev–Trinajstić information content (AvgIpc) is 3.37. The maximum Gasteiger partial charge on any atom is 0.209 e. The highest BCUT2D eigenvalue weighted by Gasteiger charge is 2.09. The summed E-state index contributed by atoms with van der Waals surface area (Å²) in [5, 5.41) is 11.1. The van der Waals surface area contributed by atoms with Crippen LogP contribution in [0.2, 0.25) is 0 Å². The molecule has 7 heteroatoms. The van der Waals surface area contributed by atoms with Crippen molar-refractivity contribution in [2.45, 2.75) is 24.3 Å². The van der Waals surface area contributed by atoms with Crippen LogP contribution in [0.15, 0.2) is 59.3 Å². The number of hydrogen-bond donors (Lipinski definition) is 1. The number of thiazole rings is 1. The molecule has 1 N–H and O–H groups in total. The number of thioether (sulfide) groups is 1. The zero-order valence-electron chi connectivity index (χ0n) is 14.2. The first-order valence-electron chi connectivity index (χ1n) is 8.31. The molecule has 0 saturated heterocycles. The molecule has 0 spiro atoms. The summed E-state index contributed by atoms with van der Waals surface area (Å²) in [6.45, 7) is 2.16. The van der Waals surface area contributed by atoms with E-state index in [1.165, 1.54) is 11.1 Å². The SMILES string of the molecule is CCc1ccc(-c2nc(CSc3n[nH]c(-c4cccnc4)n3)cs2)cc1. The van der Waals surface area contributed by atoms with Gasteiger partial charge in [-0.05, 0) is 24.1 Å². The molecule has 3 heterocycles. The second kappa shape index (κ2) is 7.80. The summed E-state index contributed by atoms with van der Waals surface area (Å²) in [5.74, 6) is 1.48. The van der Waals surface area contributed by atoms with Crippen LogP contribution in [-0.4, -0.2) is 25.1 Å². The predicted octanol–water partition coefficient (Wildman–Crippen LogP) is 4.84. The van der Waals surface area contributed by atoms with Crippen molar-refractivity contribution in [1.82, 2.24) is 25.1 Å². The largest absolute Gasteiger partial charge is 0.264 e. The molecule has 0 aliphatic carbocycles. The summed E-state index contributed by atoms with van der Waals surface area (Å²) >= 11 is 3.25. The number of H-pyrrole nitrogens is 1. The molecule has 0 radical (unpaired) electrons. The van der Waals surface area contributed by atoms with Gasteiger partial charge in [-0.3, -0.25) is 10.1 Å². The van der Waals surface area contributed by atoms with Gasteiger partial charge in [-0.2, -0.15) is 0 Å². The number of aromatic nitrogens is 5. The van der Waals surface area contributed by atoms with Crippen LogP contribution in [0.3, 0.4) is 0 Å².